The first kappa shape index (κ1) is 25.4. The molecule has 2 aliphatic rings. The van der Waals surface area contributed by atoms with Crippen LogP contribution in [0, 0.1) is 0 Å². The van der Waals surface area contributed by atoms with Gasteiger partial charge in [-0.3, -0.25) is 9.69 Å². The molecule has 2 saturated heterocycles. The highest BCUT2D eigenvalue weighted by atomic mass is 35.5. The van der Waals surface area contributed by atoms with Crippen molar-refractivity contribution in [2.24, 2.45) is 0 Å². The number of piperazine rings is 1. The molecule has 1 amide bonds. The minimum absolute atomic E-state index is 0.0328. The van der Waals surface area contributed by atoms with Gasteiger partial charge in [-0.2, -0.15) is 13.2 Å². The molecule has 196 valence electrons. The molecule has 1 N–H and O–H groups in total. The fraction of sp³-hybridized carbons (Fsp3) is 0.417. The second-order valence-corrected chi connectivity index (χ2v) is 9.42. The van der Waals surface area contributed by atoms with Crippen LogP contribution in [0.1, 0.15) is 16.2 Å². The van der Waals surface area contributed by atoms with Crippen LogP contribution in [0.25, 0.3) is 10.9 Å². The molecule has 0 saturated carbocycles. The molecule has 4 heterocycles. The number of carbonyl (C=O) groups excluding carboxylic acids is 1. The molecule has 3 aromatic rings. The number of nitrogens with zero attached hydrogens (tertiary/aromatic N) is 6. The number of rotatable bonds is 4. The number of alkyl halides is 3. The molecular weight excluding hydrogens is 513 g/mol. The highest BCUT2D eigenvalue weighted by Crippen LogP contribution is 2.34. The summed E-state index contributed by atoms with van der Waals surface area (Å²) in [5.41, 5.74) is 0.580. The summed E-state index contributed by atoms with van der Waals surface area (Å²) in [5.74, 6) is -1.08. The fourth-order valence-corrected chi connectivity index (χ4v) is 4.94. The highest BCUT2D eigenvalue weighted by molar-refractivity contribution is 6.30. The third-order valence-electron chi connectivity index (χ3n) is 6.72. The van der Waals surface area contributed by atoms with E-state index in [4.69, 9.17) is 16.3 Å². The molecule has 2 atom stereocenters. The lowest BCUT2D eigenvalue weighted by molar-refractivity contribution is -0.144. The van der Waals surface area contributed by atoms with Crippen LogP contribution in [0.5, 0.6) is 5.88 Å². The Morgan fingerprint density at radius 2 is 1.81 bits per heavy atom. The maximum atomic E-state index is 13.5. The van der Waals surface area contributed by atoms with Crippen LogP contribution in [-0.4, -0.2) is 94.3 Å². The molecule has 13 heteroatoms. The second kappa shape index (κ2) is 9.92. The van der Waals surface area contributed by atoms with Gasteiger partial charge >= 0.3 is 6.18 Å². The number of fused-ring (bicyclic) bond motifs is 1. The zero-order valence-electron chi connectivity index (χ0n) is 19.8. The molecule has 1 aromatic carbocycles. The van der Waals surface area contributed by atoms with Gasteiger partial charge < -0.3 is 19.6 Å². The quantitative estimate of drug-likeness (QED) is 0.544. The molecule has 0 radical (unpaired) electrons. The summed E-state index contributed by atoms with van der Waals surface area (Å²) in [5, 5.41) is 11.8. The van der Waals surface area contributed by atoms with Gasteiger partial charge in [0.1, 0.15) is 5.82 Å². The number of methoxy groups -OCH3 is 1. The van der Waals surface area contributed by atoms with Crippen molar-refractivity contribution in [3.8, 4) is 5.88 Å². The Kier molecular flexibility index (Phi) is 6.82. The maximum absolute atomic E-state index is 13.5. The lowest BCUT2D eigenvalue weighted by atomic mass is 10.1. The van der Waals surface area contributed by atoms with Crippen LogP contribution in [0.4, 0.5) is 19.0 Å². The van der Waals surface area contributed by atoms with Crippen molar-refractivity contribution in [2.75, 3.05) is 51.3 Å². The third kappa shape index (κ3) is 5.13. The Morgan fingerprint density at radius 1 is 1.11 bits per heavy atom. The number of anilines is 1. The molecule has 9 nitrogen and oxygen atoms in total. The number of carbonyl (C=O) groups is 1. The van der Waals surface area contributed by atoms with Crippen molar-refractivity contribution in [3.63, 3.8) is 0 Å². The number of benzene rings is 1. The summed E-state index contributed by atoms with van der Waals surface area (Å²) >= 11 is 5.91. The number of aliphatic hydroxyl groups excluding tert-OH is 1. The number of halogens is 4. The van der Waals surface area contributed by atoms with Gasteiger partial charge in [-0.05, 0) is 24.3 Å². The van der Waals surface area contributed by atoms with Gasteiger partial charge in [0, 0.05) is 61.3 Å². The molecule has 0 aliphatic carbocycles. The van der Waals surface area contributed by atoms with E-state index in [0.29, 0.717) is 42.2 Å². The number of aromatic nitrogens is 3. The van der Waals surface area contributed by atoms with Gasteiger partial charge in [-0.15, -0.1) is 0 Å². The van der Waals surface area contributed by atoms with Crippen molar-refractivity contribution >= 4 is 34.2 Å². The van der Waals surface area contributed by atoms with E-state index in [1.807, 2.05) is 0 Å². The normalized spacial score (nSPS) is 21.0. The zero-order valence-corrected chi connectivity index (χ0v) is 20.6. The number of amides is 1. The van der Waals surface area contributed by atoms with E-state index in [2.05, 4.69) is 19.9 Å². The summed E-state index contributed by atoms with van der Waals surface area (Å²) in [4.78, 5) is 29.7. The van der Waals surface area contributed by atoms with Crippen LogP contribution in [0.2, 0.25) is 5.02 Å². The topological polar surface area (TPSA) is 94.9 Å². The maximum Gasteiger partial charge on any atom is 0.451 e. The Hall–Kier alpha value is -3.22. The minimum Gasteiger partial charge on any atom is -0.481 e. The molecule has 2 aliphatic heterocycles. The van der Waals surface area contributed by atoms with Crippen molar-refractivity contribution in [3.05, 3.63) is 52.9 Å². The van der Waals surface area contributed by atoms with Crippen molar-refractivity contribution in [1.82, 2.24) is 24.8 Å². The summed E-state index contributed by atoms with van der Waals surface area (Å²) in [6, 6.07) is 7.85. The third-order valence-corrected chi connectivity index (χ3v) is 6.97. The zero-order chi connectivity index (χ0) is 26.3. The van der Waals surface area contributed by atoms with Crippen molar-refractivity contribution in [1.29, 1.82) is 0 Å². The number of pyridine rings is 1. The molecule has 0 spiro atoms. The standard InChI is InChI=1S/C24H24ClF3N6O3/c1-37-20-10-16-17(11-29-20)30-23(24(26,27)28)31-21(16)34-12-18(19(35)13-34)32-6-8-33(9-7-32)22(36)14-2-4-15(25)5-3-14/h2-5,10-11,18-19,35H,6-9,12-13H2,1H3. The number of β-amino-alcohol motifs (C(OH)–C–C–N with tert-alkyl or cyclic N) is 1. The number of hydrogen-bond acceptors (Lipinski definition) is 8. The van der Waals surface area contributed by atoms with Gasteiger partial charge in [0.2, 0.25) is 11.7 Å². The first-order chi connectivity index (χ1) is 17.6. The molecule has 2 unspecified atom stereocenters. The predicted molar refractivity (Wildman–Crippen MR) is 130 cm³/mol. The van der Waals surface area contributed by atoms with E-state index < -0.39 is 18.1 Å². The fourth-order valence-electron chi connectivity index (χ4n) is 4.81. The lowest BCUT2D eigenvalue weighted by Gasteiger charge is -2.38. The lowest BCUT2D eigenvalue weighted by Crippen LogP contribution is -2.54. The Labute approximate surface area is 215 Å². The second-order valence-electron chi connectivity index (χ2n) is 8.99. The van der Waals surface area contributed by atoms with E-state index >= 15 is 0 Å². The van der Waals surface area contributed by atoms with Crippen LogP contribution >= 0.6 is 11.6 Å². The van der Waals surface area contributed by atoms with E-state index in [1.54, 1.807) is 34.1 Å². The van der Waals surface area contributed by atoms with Gasteiger partial charge in [-0.25, -0.2) is 15.0 Å². The Balaban J connectivity index is 1.33. The molecule has 2 fully saturated rings. The molecule has 0 bridgehead atoms. The minimum atomic E-state index is -4.74. The van der Waals surface area contributed by atoms with Crippen LogP contribution in [0.3, 0.4) is 0 Å². The smallest absolute Gasteiger partial charge is 0.451 e. The van der Waals surface area contributed by atoms with E-state index in [0.717, 1.165) is 0 Å². The molecule has 2 aromatic heterocycles. The summed E-state index contributed by atoms with van der Waals surface area (Å²) in [7, 11) is 1.41. The van der Waals surface area contributed by atoms with Crippen molar-refractivity contribution < 1.29 is 27.8 Å². The van der Waals surface area contributed by atoms with E-state index in [9.17, 15) is 23.1 Å². The Bertz CT molecular complexity index is 1300. The predicted octanol–water partition coefficient (Wildman–Crippen LogP) is 2.71. The van der Waals surface area contributed by atoms with E-state index in [1.165, 1.54) is 19.4 Å². The monoisotopic (exact) mass is 536 g/mol. The summed E-state index contributed by atoms with van der Waals surface area (Å²) < 4.78 is 45.7. The van der Waals surface area contributed by atoms with Crippen molar-refractivity contribution in [2.45, 2.75) is 18.3 Å². The molecular formula is C24H24ClF3N6O3. The van der Waals surface area contributed by atoms with Crippen LogP contribution in [-0.2, 0) is 6.18 Å². The van der Waals surface area contributed by atoms with Gasteiger partial charge in [0.05, 0.1) is 31.0 Å². The van der Waals surface area contributed by atoms with Gasteiger partial charge in [-0.1, -0.05) is 11.6 Å². The molecule has 37 heavy (non-hydrogen) atoms. The van der Waals surface area contributed by atoms with Crippen LogP contribution < -0.4 is 9.64 Å². The van der Waals surface area contributed by atoms with Crippen LogP contribution in [0.15, 0.2) is 36.5 Å². The largest absolute Gasteiger partial charge is 0.481 e. The summed E-state index contributed by atoms with van der Waals surface area (Å²) in [6.07, 6.45) is -4.34. The summed E-state index contributed by atoms with van der Waals surface area (Å²) in [6.45, 7) is 2.32. The van der Waals surface area contributed by atoms with Gasteiger partial charge in [0.15, 0.2) is 0 Å². The van der Waals surface area contributed by atoms with E-state index in [-0.39, 0.29) is 42.3 Å². The average molecular weight is 537 g/mol. The Morgan fingerprint density at radius 3 is 2.46 bits per heavy atom. The number of ether oxygens (including phenoxy) is 1. The average Bonchev–Trinajstić information content (AvgIpc) is 3.28. The van der Waals surface area contributed by atoms with Gasteiger partial charge in [0.25, 0.3) is 5.91 Å². The first-order valence-corrected chi connectivity index (χ1v) is 12.0. The number of aliphatic hydroxyl groups is 1. The number of hydrogen-bond donors (Lipinski definition) is 1. The highest BCUT2D eigenvalue weighted by Gasteiger charge is 2.41. The SMILES string of the molecule is COc1cc2c(N3CC(O)C(N4CCN(C(=O)c5ccc(Cl)cc5)CC4)C3)nc(C(F)(F)F)nc2cn1. The molecule has 5 rings (SSSR count). The first-order valence-electron chi connectivity index (χ1n) is 11.6.